The Morgan fingerprint density at radius 3 is 2.39 bits per heavy atom. The van der Waals surface area contributed by atoms with E-state index in [2.05, 4.69) is 16.8 Å². The topological polar surface area (TPSA) is 32.5 Å². The number of hydrogen-bond donors (Lipinski definition) is 1. The molecular weight excluding hydrogens is 236 g/mol. The van der Waals surface area contributed by atoms with E-state index in [9.17, 15) is 8.78 Å². The van der Waals surface area contributed by atoms with Gasteiger partial charge in [0.2, 0.25) is 0 Å². The van der Waals surface area contributed by atoms with Crippen molar-refractivity contribution in [3.05, 3.63) is 0 Å². The second-order valence-electron chi connectivity index (χ2n) is 5.96. The number of piperidine rings is 1. The van der Waals surface area contributed by atoms with Crippen LogP contribution < -0.4 is 5.73 Å². The first kappa shape index (κ1) is 14.2. The van der Waals surface area contributed by atoms with Crippen molar-refractivity contribution in [1.29, 1.82) is 0 Å². The summed E-state index contributed by atoms with van der Waals surface area (Å²) in [6.07, 6.45) is 1.60. The number of nitrogens with zero attached hydrogens (tertiary/aromatic N) is 2. The highest BCUT2D eigenvalue weighted by Gasteiger charge is 2.38. The molecule has 2 aliphatic rings. The zero-order valence-electron chi connectivity index (χ0n) is 11.2. The summed E-state index contributed by atoms with van der Waals surface area (Å²) in [6, 6.07) is 0.571. The molecule has 5 heteroatoms. The van der Waals surface area contributed by atoms with E-state index in [1.54, 1.807) is 0 Å². The Balaban J connectivity index is 1.89. The minimum atomic E-state index is -2.39. The van der Waals surface area contributed by atoms with E-state index in [4.69, 9.17) is 5.73 Å². The van der Waals surface area contributed by atoms with Crippen molar-refractivity contribution in [3.63, 3.8) is 0 Å². The molecule has 2 fully saturated rings. The van der Waals surface area contributed by atoms with Crippen molar-refractivity contribution in [2.75, 3.05) is 33.2 Å². The molecule has 2 saturated heterocycles. The highest BCUT2D eigenvalue weighted by Crippen LogP contribution is 2.28. The van der Waals surface area contributed by atoms with Crippen molar-refractivity contribution in [2.45, 2.75) is 50.1 Å². The first-order valence-electron chi connectivity index (χ1n) is 7.01. The molecule has 2 aliphatic heterocycles. The van der Waals surface area contributed by atoms with Gasteiger partial charge >= 0.3 is 0 Å². The highest BCUT2D eigenvalue weighted by molar-refractivity contribution is 4.92. The summed E-state index contributed by atoms with van der Waals surface area (Å²) in [5.41, 5.74) is 4.58. The zero-order chi connectivity index (χ0) is 13.2. The molecule has 0 radical (unpaired) electrons. The first-order chi connectivity index (χ1) is 8.51. The molecule has 2 rings (SSSR count). The van der Waals surface area contributed by atoms with E-state index in [1.807, 2.05) is 0 Å². The second-order valence-corrected chi connectivity index (χ2v) is 5.96. The Morgan fingerprint density at radius 1 is 1.11 bits per heavy atom. The lowest BCUT2D eigenvalue weighted by Crippen LogP contribution is -2.48. The van der Waals surface area contributed by atoms with Crippen LogP contribution in [0.2, 0.25) is 0 Å². The van der Waals surface area contributed by atoms with E-state index >= 15 is 0 Å². The summed E-state index contributed by atoms with van der Waals surface area (Å²) in [5, 5.41) is 0. The number of hydrogen-bond acceptors (Lipinski definition) is 3. The van der Waals surface area contributed by atoms with Crippen LogP contribution in [0.1, 0.15) is 32.1 Å². The molecule has 2 heterocycles. The van der Waals surface area contributed by atoms with Crippen LogP contribution in [0.5, 0.6) is 0 Å². The molecule has 1 atom stereocenters. The Morgan fingerprint density at radius 2 is 1.78 bits per heavy atom. The van der Waals surface area contributed by atoms with Crippen molar-refractivity contribution < 1.29 is 8.78 Å². The van der Waals surface area contributed by atoms with Crippen LogP contribution in [0, 0.1) is 0 Å². The largest absolute Gasteiger partial charge is 0.320 e. The van der Waals surface area contributed by atoms with Gasteiger partial charge in [0, 0.05) is 12.6 Å². The predicted molar refractivity (Wildman–Crippen MR) is 68.9 cm³/mol. The van der Waals surface area contributed by atoms with Gasteiger partial charge < -0.3 is 15.5 Å². The van der Waals surface area contributed by atoms with Crippen LogP contribution in [0.15, 0.2) is 0 Å². The summed E-state index contributed by atoms with van der Waals surface area (Å²) < 4.78 is 25.9. The summed E-state index contributed by atoms with van der Waals surface area (Å²) in [6.45, 7) is 3.89. The van der Waals surface area contributed by atoms with Gasteiger partial charge in [-0.05, 0) is 58.8 Å². The van der Waals surface area contributed by atoms with Gasteiger partial charge in [-0.25, -0.2) is 8.78 Å². The van der Waals surface area contributed by atoms with Crippen molar-refractivity contribution >= 4 is 0 Å². The average molecular weight is 261 g/mol. The van der Waals surface area contributed by atoms with Gasteiger partial charge in [0.1, 0.15) is 0 Å². The Kier molecular flexibility index (Phi) is 4.56. The first-order valence-corrected chi connectivity index (χ1v) is 7.01. The number of likely N-dealkylation sites (tertiary alicyclic amines) is 2. The Labute approximate surface area is 108 Å². The third-order valence-electron chi connectivity index (χ3n) is 4.59. The maximum atomic E-state index is 13.0. The van der Waals surface area contributed by atoms with E-state index in [1.165, 1.54) is 0 Å². The molecule has 0 aromatic carbocycles. The van der Waals surface area contributed by atoms with Crippen LogP contribution in [-0.2, 0) is 0 Å². The Bertz CT molecular complexity index is 267. The van der Waals surface area contributed by atoms with Gasteiger partial charge in [0.15, 0.2) is 0 Å². The monoisotopic (exact) mass is 261 g/mol. The third kappa shape index (κ3) is 3.19. The predicted octanol–water partition coefficient (Wildman–Crippen LogP) is 1.53. The third-order valence-corrected chi connectivity index (χ3v) is 4.59. The van der Waals surface area contributed by atoms with Gasteiger partial charge in [-0.15, -0.1) is 0 Å². The van der Waals surface area contributed by atoms with Crippen LogP contribution in [0.3, 0.4) is 0 Å². The van der Waals surface area contributed by atoms with E-state index in [0.29, 0.717) is 18.9 Å². The summed E-state index contributed by atoms with van der Waals surface area (Å²) >= 11 is 0. The molecule has 106 valence electrons. The molecule has 1 unspecified atom stereocenters. The Hall–Kier alpha value is -0.260. The van der Waals surface area contributed by atoms with Gasteiger partial charge in [0.25, 0.3) is 6.43 Å². The van der Waals surface area contributed by atoms with Crippen LogP contribution in [0.25, 0.3) is 0 Å². The quantitative estimate of drug-likeness (QED) is 0.818. The summed E-state index contributed by atoms with van der Waals surface area (Å²) in [4.78, 5) is 4.73. The second kappa shape index (κ2) is 5.80. The molecule has 18 heavy (non-hydrogen) atoms. The van der Waals surface area contributed by atoms with E-state index < -0.39 is 12.0 Å². The van der Waals surface area contributed by atoms with Crippen LogP contribution in [0.4, 0.5) is 8.78 Å². The van der Waals surface area contributed by atoms with Crippen LogP contribution in [-0.4, -0.2) is 61.0 Å². The molecule has 0 aromatic rings. The van der Waals surface area contributed by atoms with Crippen molar-refractivity contribution in [2.24, 2.45) is 5.73 Å². The normalized spacial score (nSPS) is 33.8. The molecule has 0 aliphatic carbocycles. The number of alkyl halides is 2. The fraction of sp³-hybridized carbons (Fsp3) is 1.00. The standard InChI is InChI=1S/C13H25F2N3/c1-17-8-3-11(4-9-17)18-7-2-5-13(16,6-10-18)12(14)15/h11-12H,2-10,16H2,1H3. The van der Waals surface area contributed by atoms with Crippen LogP contribution >= 0.6 is 0 Å². The lowest BCUT2D eigenvalue weighted by Gasteiger charge is -2.37. The molecule has 0 bridgehead atoms. The summed E-state index contributed by atoms with van der Waals surface area (Å²) in [7, 11) is 2.14. The van der Waals surface area contributed by atoms with Gasteiger partial charge in [-0.2, -0.15) is 0 Å². The minimum absolute atomic E-state index is 0.428. The lowest BCUT2D eigenvalue weighted by atomic mass is 9.92. The molecule has 0 saturated carbocycles. The highest BCUT2D eigenvalue weighted by atomic mass is 19.3. The van der Waals surface area contributed by atoms with Gasteiger partial charge in [-0.1, -0.05) is 0 Å². The van der Waals surface area contributed by atoms with E-state index in [0.717, 1.165) is 45.4 Å². The molecule has 0 spiro atoms. The zero-order valence-corrected chi connectivity index (χ0v) is 11.2. The smallest absolute Gasteiger partial charge is 0.256 e. The SMILES string of the molecule is CN1CCC(N2CCCC(N)(C(F)F)CC2)CC1. The maximum absolute atomic E-state index is 13.0. The van der Waals surface area contributed by atoms with Gasteiger partial charge in [-0.3, -0.25) is 0 Å². The number of nitrogens with two attached hydrogens (primary N) is 1. The molecular formula is C13H25F2N3. The molecule has 0 aromatic heterocycles. The maximum Gasteiger partial charge on any atom is 0.256 e. The molecule has 3 nitrogen and oxygen atoms in total. The lowest BCUT2D eigenvalue weighted by molar-refractivity contribution is 0.0424. The average Bonchev–Trinajstić information content (AvgIpc) is 2.54. The number of rotatable bonds is 2. The molecule has 0 amide bonds. The van der Waals surface area contributed by atoms with E-state index in [-0.39, 0.29) is 0 Å². The minimum Gasteiger partial charge on any atom is -0.320 e. The van der Waals surface area contributed by atoms with Gasteiger partial charge in [0.05, 0.1) is 5.54 Å². The number of halogens is 2. The van der Waals surface area contributed by atoms with Crippen molar-refractivity contribution in [3.8, 4) is 0 Å². The summed E-state index contributed by atoms with van der Waals surface area (Å²) in [5.74, 6) is 0. The fourth-order valence-electron chi connectivity index (χ4n) is 3.14. The van der Waals surface area contributed by atoms with Crippen molar-refractivity contribution in [1.82, 2.24) is 9.80 Å². The molecule has 2 N–H and O–H groups in total. The fourth-order valence-corrected chi connectivity index (χ4v) is 3.14.